The quantitative estimate of drug-likeness (QED) is 0.778. The summed E-state index contributed by atoms with van der Waals surface area (Å²) in [6.45, 7) is 2.42. The molecule has 130 valence electrons. The van der Waals surface area contributed by atoms with E-state index in [1.54, 1.807) is 0 Å². The lowest BCUT2D eigenvalue weighted by atomic mass is 9.95. The Kier molecular flexibility index (Phi) is 5.48. The Morgan fingerprint density at radius 2 is 1.68 bits per heavy atom. The average molecular weight is 357 g/mol. The lowest BCUT2D eigenvalue weighted by molar-refractivity contribution is 0.306. The van der Waals surface area contributed by atoms with Crippen LogP contribution in [0, 0.1) is 0 Å². The lowest BCUT2D eigenvalue weighted by Crippen LogP contribution is -2.28. The molecule has 4 rings (SSSR count). The summed E-state index contributed by atoms with van der Waals surface area (Å²) < 4.78 is 5.38. The van der Waals surface area contributed by atoms with Gasteiger partial charge >= 0.3 is 0 Å². The second kappa shape index (κ2) is 7.78. The highest BCUT2D eigenvalue weighted by Gasteiger charge is 2.31. The van der Waals surface area contributed by atoms with Crippen LogP contribution in [0.15, 0.2) is 65.2 Å². The lowest BCUT2D eigenvalue weighted by Gasteiger charge is -2.14. The summed E-state index contributed by atoms with van der Waals surface area (Å²) in [6.07, 6.45) is 0. The summed E-state index contributed by atoms with van der Waals surface area (Å²) in [4.78, 5) is 6.80. The van der Waals surface area contributed by atoms with Crippen LogP contribution in [0.3, 0.4) is 0 Å². The fourth-order valence-electron chi connectivity index (χ4n) is 3.31. The number of nitrogens with zero attached hydrogens (tertiary/aromatic N) is 3. The van der Waals surface area contributed by atoms with Crippen LogP contribution in [0.25, 0.3) is 11.5 Å². The molecular weight excluding hydrogens is 336 g/mol. The molecule has 1 fully saturated rings. The maximum absolute atomic E-state index is 6.35. The minimum absolute atomic E-state index is 0. The zero-order valence-corrected chi connectivity index (χ0v) is 14.6. The molecule has 0 spiro atoms. The molecule has 25 heavy (non-hydrogen) atoms. The van der Waals surface area contributed by atoms with Crippen molar-refractivity contribution in [1.82, 2.24) is 15.0 Å². The van der Waals surface area contributed by atoms with Crippen molar-refractivity contribution >= 4 is 12.4 Å². The van der Waals surface area contributed by atoms with Gasteiger partial charge in [-0.1, -0.05) is 53.7 Å². The van der Waals surface area contributed by atoms with Gasteiger partial charge in [0, 0.05) is 30.6 Å². The van der Waals surface area contributed by atoms with Crippen molar-refractivity contribution in [3.63, 3.8) is 0 Å². The summed E-state index contributed by atoms with van der Waals surface area (Å²) in [5, 5.41) is 4.11. The Morgan fingerprint density at radius 3 is 2.40 bits per heavy atom. The summed E-state index contributed by atoms with van der Waals surface area (Å²) >= 11 is 0. The standard InChI is InChI=1S/C19H20N4O.ClH/c20-17-12-23(11-16(17)14-7-3-1-4-8-14)13-18-21-19(24-22-18)15-9-5-2-6-10-15;/h1-10,16-17H,11-13,20H2;1H/t16-,17+;/m0./s1. The van der Waals surface area contributed by atoms with Crippen LogP contribution < -0.4 is 5.73 Å². The van der Waals surface area contributed by atoms with E-state index in [-0.39, 0.29) is 18.4 Å². The van der Waals surface area contributed by atoms with Crippen LogP contribution in [0.1, 0.15) is 17.3 Å². The predicted molar refractivity (Wildman–Crippen MR) is 99.4 cm³/mol. The monoisotopic (exact) mass is 356 g/mol. The highest BCUT2D eigenvalue weighted by Crippen LogP contribution is 2.27. The number of hydrogen-bond donors (Lipinski definition) is 1. The fourth-order valence-corrected chi connectivity index (χ4v) is 3.31. The van der Waals surface area contributed by atoms with Crippen molar-refractivity contribution < 1.29 is 4.52 Å². The molecule has 1 aromatic heterocycles. The van der Waals surface area contributed by atoms with Gasteiger partial charge < -0.3 is 10.3 Å². The Labute approximate surface area is 153 Å². The van der Waals surface area contributed by atoms with Gasteiger partial charge in [0.25, 0.3) is 5.89 Å². The van der Waals surface area contributed by atoms with Crippen molar-refractivity contribution in [2.75, 3.05) is 13.1 Å². The summed E-state index contributed by atoms with van der Waals surface area (Å²) in [7, 11) is 0. The molecule has 5 nitrogen and oxygen atoms in total. The Bertz CT molecular complexity index is 793. The number of halogens is 1. The zero-order valence-electron chi connectivity index (χ0n) is 13.8. The van der Waals surface area contributed by atoms with Crippen LogP contribution in [0.5, 0.6) is 0 Å². The first-order valence-corrected chi connectivity index (χ1v) is 8.20. The van der Waals surface area contributed by atoms with Crippen LogP contribution in [-0.2, 0) is 6.54 Å². The molecule has 2 atom stereocenters. The third-order valence-corrected chi connectivity index (χ3v) is 4.52. The molecule has 0 saturated carbocycles. The average Bonchev–Trinajstić information content (AvgIpc) is 3.23. The van der Waals surface area contributed by atoms with Gasteiger partial charge in [-0.05, 0) is 17.7 Å². The summed E-state index contributed by atoms with van der Waals surface area (Å²) in [6, 6.07) is 20.4. The highest BCUT2D eigenvalue weighted by atomic mass is 35.5. The van der Waals surface area contributed by atoms with E-state index >= 15 is 0 Å². The van der Waals surface area contributed by atoms with E-state index < -0.39 is 0 Å². The molecule has 2 aromatic carbocycles. The molecule has 0 amide bonds. The molecule has 1 aliphatic heterocycles. The second-order valence-electron chi connectivity index (χ2n) is 6.26. The van der Waals surface area contributed by atoms with Crippen molar-refractivity contribution in [2.45, 2.75) is 18.5 Å². The third kappa shape index (κ3) is 3.90. The Balaban J connectivity index is 0.00000182. The molecule has 2 N–H and O–H groups in total. The summed E-state index contributed by atoms with van der Waals surface area (Å²) in [5.74, 6) is 1.62. The van der Waals surface area contributed by atoms with E-state index in [9.17, 15) is 0 Å². The number of nitrogens with two attached hydrogens (primary N) is 1. The highest BCUT2D eigenvalue weighted by molar-refractivity contribution is 5.85. The molecule has 1 saturated heterocycles. The van der Waals surface area contributed by atoms with Crippen molar-refractivity contribution in [2.24, 2.45) is 5.73 Å². The zero-order chi connectivity index (χ0) is 16.4. The van der Waals surface area contributed by atoms with Crippen LogP contribution in [-0.4, -0.2) is 34.2 Å². The molecule has 2 heterocycles. The van der Waals surface area contributed by atoms with Gasteiger partial charge in [-0.25, -0.2) is 0 Å². The molecule has 3 aromatic rings. The van der Waals surface area contributed by atoms with Gasteiger partial charge in [0.05, 0.1) is 6.54 Å². The van der Waals surface area contributed by atoms with Crippen molar-refractivity contribution in [3.8, 4) is 11.5 Å². The van der Waals surface area contributed by atoms with Crippen molar-refractivity contribution in [3.05, 3.63) is 72.1 Å². The molecule has 0 unspecified atom stereocenters. The minimum atomic E-state index is 0. The van der Waals surface area contributed by atoms with Gasteiger partial charge in [0.1, 0.15) is 0 Å². The van der Waals surface area contributed by atoms with E-state index in [1.807, 2.05) is 36.4 Å². The van der Waals surface area contributed by atoms with Gasteiger partial charge in [-0.3, -0.25) is 4.90 Å². The second-order valence-corrected chi connectivity index (χ2v) is 6.26. The number of rotatable bonds is 4. The number of hydrogen-bond acceptors (Lipinski definition) is 5. The first-order chi connectivity index (χ1) is 11.8. The number of aromatic nitrogens is 2. The topological polar surface area (TPSA) is 68.2 Å². The SMILES string of the molecule is Cl.N[C@@H]1CN(Cc2noc(-c3ccccc3)n2)C[C@H]1c1ccccc1. The fraction of sp³-hybridized carbons (Fsp3) is 0.263. The molecule has 0 aliphatic carbocycles. The Morgan fingerprint density at radius 1 is 1.00 bits per heavy atom. The molecule has 0 radical (unpaired) electrons. The molecule has 0 bridgehead atoms. The smallest absolute Gasteiger partial charge is 0.257 e. The third-order valence-electron chi connectivity index (χ3n) is 4.52. The Hall–Kier alpha value is -2.21. The van der Waals surface area contributed by atoms with Crippen LogP contribution in [0.2, 0.25) is 0 Å². The minimum Gasteiger partial charge on any atom is -0.334 e. The molecule has 1 aliphatic rings. The van der Waals surface area contributed by atoms with Gasteiger partial charge in [-0.2, -0.15) is 4.98 Å². The maximum atomic E-state index is 6.35. The van der Waals surface area contributed by atoms with E-state index in [0.29, 0.717) is 24.2 Å². The molecule has 6 heteroatoms. The normalized spacial score (nSPS) is 20.4. The van der Waals surface area contributed by atoms with E-state index in [4.69, 9.17) is 10.3 Å². The largest absolute Gasteiger partial charge is 0.334 e. The maximum Gasteiger partial charge on any atom is 0.257 e. The van der Waals surface area contributed by atoms with Gasteiger partial charge in [0.15, 0.2) is 5.82 Å². The van der Waals surface area contributed by atoms with E-state index in [0.717, 1.165) is 18.7 Å². The van der Waals surface area contributed by atoms with Gasteiger partial charge in [0.2, 0.25) is 0 Å². The molecular formula is C19H21ClN4O. The summed E-state index contributed by atoms with van der Waals surface area (Å²) in [5.41, 5.74) is 8.58. The number of benzene rings is 2. The predicted octanol–water partition coefficient (Wildman–Crippen LogP) is 3.09. The van der Waals surface area contributed by atoms with E-state index in [2.05, 4.69) is 39.3 Å². The van der Waals surface area contributed by atoms with E-state index in [1.165, 1.54) is 5.56 Å². The van der Waals surface area contributed by atoms with Crippen LogP contribution in [0.4, 0.5) is 0 Å². The van der Waals surface area contributed by atoms with Gasteiger partial charge in [-0.15, -0.1) is 12.4 Å². The first-order valence-electron chi connectivity index (χ1n) is 8.20. The van der Waals surface area contributed by atoms with Crippen LogP contribution >= 0.6 is 12.4 Å². The van der Waals surface area contributed by atoms with Crippen molar-refractivity contribution in [1.29, 1.82) is 0 Å². The first kappa shape index (κ1) is 17.6. The number of likely N-dealkylation sites (tertiary alicyclic amines) is 1.